The molecule has 0 spiro atoms. The molecule has 0 aliphatic rings. The Bertz CT molecular complexity index is 1460. The van der Waals surface area contributed by atoms with Crippen molar-refractivity contribution >= 4 is 45.1 Å². The van der Waals surface area contributed by atoms with Crippen LogP contribution in [0.25, 0.3) is 21.8 Å². The van der Waals surface area contributed by atoms with E-state index in [1.54, 1.807) is 0 Å². The predicted molar refractivity (Wildman–Crippen MR) is 162 cm³/mol. The van der Waals surface area contributed by atoms with Crippen molar-refractivity contribution in [2.24, 2.45) is 0 Å². The Balaban J connectivity index is 1.35. The zero-order valence-electron chi connectivity index (χ0n) is 23.4. The zero-order valence-corrected chi connectivity index (χ0v) is 23.4. The number of aromatic hydroxyl groups is 2. The monoisotopic (exact) mass is 541 g/mol. The number of unbranched alkanes of at least 4 members (excludes halogenated alkanes) is 6. The quantitative estimate of drug-likeness (QED) is 0.0836. The van der Waals surface area contributed by atoms with Crippen LogP contribution in [-0.4, -0.2) is 34.3 Å². The Morgan fingerprint density at radius 2 is 1.10 bits per heavy atom. The van der Waals surface area contributed by atoms with E-state index in [0.29, 0.717) is 11.9 Å². The third kappa shape index (κ3) is 6.30. The number of anilines is 4. The van der Waals surface area contributed by atoms with Gasteiger partial charge in [-0.3, -0.25) is 9.13 Å². The number of rotatable bonds is 14. The standard InChI is InChI=1S/C31H39N7O2/c1-3-5-7-9-15-37-28(39)20-32-30(37)34-24-13-11-22-17-23-12-14-25(19-27(23)36-26(22)18-24)35-31-33-21-29(40)38(31)16-10-8-6-4-2/h11-14,17-21,39-40H,3-10,15-16H2,1-2H3,(H,32,34)(H,33,35). The van der Waals surface area contributed by atoms with Gasteiger partial charge >= 0.3 is 0 Å². The molecule has 210 valence electrons. The molecule has 9 heteroatoms. The fourth-order valence-electron chi connectivity index (χ4n) is 5.00. The number of pyridine rings is 1. The lowest BCUT2D eigenvalue weighted by Gasteiger charge is -2.12. The van der Waals surface area contributed by atoms with Gasteiger partial charge in [-0.2, -0.15) is 0 Å². The fraction of sp³-hybridized carbons (Fsp3) is 0.387. The summed E-state index contributed by atoms with van der Waals surface area (Å²) < 4.78 is 3.63. The Morgan fingerprint density at radius 3 is 1.55 bits per heavy atom. The second-order valence-electron chi connectivity index (χ2n) is 10.4. The van der Waals surface area contributed by atoms with Crippen LogP contribution in [0, 0.1) is 0 Å². The third-order valence-corrected chi connectivity index (χ3v) is 7.26. The molecule has 5 aromatic rings. The van der Waals surface area contributed by atoms with E-state index >= 15 is 0 Å². The summed E-state index contributed by atoms with van der Waals surface area (Å²) in [4.78, 5) is 13.7. The first kappa shape index (κ1) is 27.3. The van der Waals surface area contributed by atoms with Gasteiger partial charge in [0.25, 0.3) is 0 Å². The van der Waals surface area contributed by atoms with E-state index in [4.69, 9.17) is 4.98 Å². The van der Waals surface area contributed by atoms with Gasteiger partial charge in [0.1, 0.15) is 0 Å². The van der Waals surface area contributed by atoms with Gasteiger partial charge in [0, 0.05) is 35.2 Å². The van der Waals surface area contributed by atoms with Crippen molar-refractivity contribution in [1.29, 1.82) is 0 Å². The van der Waals surface area contributed by atoms with Crippen LogP contribution < -0.4 is 10.6 Å². The maximum absolute atomic E-state index is 10.3. The van der Waals surface area contributed by atoms with Gasteiger partial charge < -0.3 is 20.8 Å². The van der Waals surface area contributed by atoms with E-state index in [2.05, 4.69) is 40.5 Å². The van der Waals surface area contributed by atoms with E-state index < -0.39 is 0 Å². The van der Waals surface area contributed by atoms with Gasteiger partial charge in [-0.05, 0) is 43.2 Å². The molecule has 0 bridgehead atoms. The van der Waals surface area contributed by atoms with Crippen LogP contribution in [0.2, 0.25) is 0 Å². The molecule has 5 rings (SSSR count). The number of benzene rings is 2. The number of aromatic nitrogens is 5. The predicted octanol–water partition coefficient (Wildman–Crippen LogP) is 7.84. The highest BCUT2D eigenvalue weighted by molar-refractivity contribution is 5.95. The van der Waals surface area contributed by atoms with Crippen molar-refractivity contribution in [2.45, 2.75) is 78.3 Å². The van der Waals surface area contributed by atoms with Crippen LogP contribution in [0.1, 0.15) is 65.2 Å². The lowest BCUT2D eigenvalue weighted by Crippen LogP contribution is -2.04. The third-order valence-electron chi connectivity index (χ3n) is 7.26. The molecule has 3 aromatic heterocycles. The van der Waals surface area contributed by atoms with Crippen molar-refractivity contribution in [2.75, 3.05) is 10.6 Å². The SMILES string of the molecule is CCCCCCn1c(O)cnc1Nc1ccc2cc3ccc(Nc4ncc(O)n4CCCCCC)cc3nc2c1. The maximum atomic E-state index is 10.3. The van der Waals surface area contributed by atoms with Crippen LogP contribution >= 0.6 is 0 Å². The molecular weight excluding hydrogens is 502 g/mol. The zero-order chi connectivity index (χ0) is 27.9. The Labute approximate surface area is 234 Å². The Hall–Kier alpha value is -4.27. The molecule has 0 aliphatic carbocycles. The molecule has 0 aliphatic heterocycles. The summed E-state index contributed by atoms with van der Waals surface area (Å²) in [6, 6.07) is 14.2. The molecule has 0 radical (unpaired) electrons. The first-order valence-corrected chi connectivity index (χ1v) is 14.4. The van der Waals surface area contributed by atoms with Gasteiger partial charge in [-0.1, -0.05) is 64.5 Å². The molecule has 0 saturated carbocycles. The van der Waals surface area contributed by atoms with E-state index in [1.165, 1.54) is 38.1 Å². The second-order valence-corrected chi connectivity index (χ2v) is 10.4. The molecule has 0 amide bonds. The van der Waals surface area contributed by atoms with Crippen LogP contribution in [0.4, 0.5) is 23.3 Å². The smallest absolute Gasteiger partial charge is 0.212 e. The van der Waals surface area contributed by atoms with Crippen LogP contribution in [0.3, 0.4) is 0 Å². The summed E-state index contributed by atoms with van der Waals surface area (Å²) in [6.45, 7) is 5.81. The van der Waals surface area contributed by atoms with Gasteiger partial charge in [-0.15, -0.1) is 0 Å². The summed E-state index contributed by atoms with van der Waals surface area (Å²) in [6.07, 6.45) is 11.9. The number of fused-ring (bicyclic) bond motifs is 2. The topological polar surface area (TPSA) is 113 Å². The average molecular weight is 542 g/mol. The minimum absolute atomic E-state index is 0.166. The van der Waals surface area contributed by atoms with E-state index in [1.807, 2.05) is 45.5 Å². The lowest BCUT2D eigenvalue weighted by molar-refractivity contribution is 0.412. The first-order chi connectivity index (χ1) is 19.6. The van der Waals surface area contributed by atoms with Crippen LogP contribution in [0.5, 0.6) is 11.8 Å². The highest BCUT2D eigenvalue weighted by Crippen LogP contribution is 2.29. The molecule has 40 heavy (non-hydrogen) atoms. The van der Waals surface area contributed by atoms with E-state index in [0.717, 1.165) is 72.0 Å². The molecule has 0 unspecified atom stereocenters. The minimum Gasteiger partial charge on any atom is -0.493 e. The molecular formula is C31H39N7O2. The van der Waals surface area contributed by atoms with Crippen molar-refractivity contribution in [3.63, 3.8) is 0 Å². The van der Waals surface area contributed by atoms with Crippen LogP contribution in [0.15, 0.2) is 54.9 Å². The number of nitrogens with one attached hydrogen (secondary N) is 2. The maximum Gasteiger partial charge on any atom is 0.212 e. The van der Waals surface area contributed by atoms with Gasteiger partial charge in [0.15, 0.2) is 0 Å². The average Bonchev–Trinajstić information content (AvgIpc) is 3.48. The Morgan fingerprint density at radius 1 is 0.625 bits per heavy atom. The molecule has 3 heterocycles. The molecule has 0 fully saturated rings. The fourth-order valence-corrected chi connectivity index (χ4v) is 5.00. The van der Waals surface area contributed by atoms with Crippen LogP contribution in [-0.2, 0) is 13.1 Å². The minimum atomic E-state index is 0.166. The number of imidazole rings is 2. The Kier molecular flexibility index (Phi) is 8.68. The highest BCUT2D eigenvalue weighted by atomic mass is 16.3. The van der Waals surface area contributed by atoms with Gasteiger partial charge in [0.2, 0.25) is 23.7 Å². The largest absolute Gasteiger partial charge is 0.493 e. The summed E-state index contributed by atoms with van der Waals surface area (Å²) in [7, 11) is 0. The summed E-state index contributed by atoms with van der Waals surface area (Å²) >= 11 is 0. The molecule has 2 aromatic carbocycles. The van der Waals surface area contributed by atoms with Gasteiger partial charge in [-0.25, -0.2) is 15.0 Å². The van der Waals surface area contributed by atoms with E-state index in [9.17, 15) is 10.2 Å². The normalized spacial score (nSPS) is 11.4. The number of nitrogens with zero attached hydrogens (tertiary/aromatic N) is 5. The van der Waals surface area contributed by atoms with Crippen molar-refractivity contribution < 1.29 is 10.2 Å². The first-order valence-electron chi connectivity index (χ1n) is 14.4. The molecule has 9 nitrogen and oxygen atoms in total. The molecule has 4 N–H and O–H groups in total. The second kappa shape index (κ2) is 12.7. The van der Waals surface area contributed by atoms with Crippen molar-refractivity contribution in [3.8, 4) is 11.8 Å². The van der Waals surface area contributed by atoms with Crippen molar-refractivity contribution in [1.82, 2.24) is 24.1 Å². The summed E-state index contributed by atoms with van der Waals surface area (Å²) in [5.74, 6) is 1.57. The highest BCUT2D eigenvalue weighted by Gasteiger charge is 2.12. The molecule has 0 saturated heterocycles. The summed E-state index contributed by atoms with van der Waals surface area (Å²) in [5.41, 5.74) is 3.43. The lowest BCUT2D eigenvalue weighted by atomic mass is 10.1. The van der Waals surface area contributed by atoms with E-state index in [-0.39, 0.29) is 11.8 Å². The summed E-state index contributed by atoms with van der Waals surface area (Å²) in [5, 5.41) is 29.4. The number of hydrogen-bond donors (Lipinski definition) is 4. The molecule has 0 atom stereocenters. The van der Waals surface area contributed by atoms with Crippen molar-refractivity contribution in [3.05, 3.63) is 54.9 Å². The number of hydrogen-bond acceptors (Lipinski definition) is 7. The van der Waals surface area contributed by atoms with Gasteiger partial charge in [0.05, 0.1) is 23.4 Å².